The van der Waals surface area contributed by atoms with Gasteiger partial charge in [0.2, 0.25) is 0 Å². The number of hydrogen-bond donors (Lipinski definition) is 0. The number of benzene rings is 3. The lowest BCUT2D eigenvalue weighted by atomic mass is 10.0. The highest BCUT2D eigenvalue weighted by Gasteiger charge is 2.15. The number of ketones is 1. The Balaban J connectivity index is 1.67. The first-order chi connectivity index (χ1) is 15.1. The number of rotatable bonds is 9. The van der Waals surface area contributed by atoms with E-state index in [1.54, 1.807) is 13.2 Å². The zero-order valence-electron chi connectivity index (χ0n) is 17.2. The molecule has 0 atom stereocenters. The van der Waals surface area contributed by atoms with Crippen molar-refractivity contribution in [2.45, 2.75) is 12.8 Å². The molecule has 0 N–H and O–H groups in total. The number of para-hydroxylation sites is 1. The van der Waals surface area contributed by atoms with Crippen molar-refractivity contribution in [3.05, 3.63) is 101 Å². The quantitative estimate of drug-likeness (QED) is 0.150. The van der Waals surface area contributed by atoms with E-state index in [1.165, 1.54) is 24.3 Å². The summed E-state index contributed by atoms with van der Waals surface area (Å²) in [7, 11) is 1.57. The Morgan fingerprint density at radius 2 is 1.55 bits per heavy atom. The van der Waals surface area contributed by atoms with Crippen LogP contribution in [0.25, 0.3) is 11.6 Å². The van der Waals surface area contributed by atoms with Gasteiger partial charge in [0.05, 0.1) is 19.3 Å². The van der Waals surface area contributed by atoms with Gasteiger partial charge in [0, 0.05) is 17.5 Å². The van der Waals surface area contributed by atoms with Crippen molar-refractivity contribution in [2.75, 3.05) is 13.7 Å². The van der Waals surface area contributed by atoms with Crippen LogP contribution in [0.15, 0.2) is 78.9 Å². The Morgan fingerprint density at radius 3 is 2.26 bits per heavy atom. The molecule has 0 radical (unpaired) electrons. The second-order valence-corrected chi connectivity index (χ2v) is 6.84. The zero-order chi connectivity index (χ0) is 22.1. The van der Waals surface area contributed by atoms with Crippen molar-refractivity contribution >= 4 is 23.4 Å². The summed E-state index contributed by atoms with van der Waals surface area (Å²) in [5, 5.41) is 0. The molecule has 0 bridgehead atoms. The van der Waals surface area contributed by atoms with E-state index < -0.39 is 5.97 Å². The molecule has 0 aromatic heterocycles. The standard InChI is InChI=1S/C26H23FO4/c1-30-25-12-6-5-10-21(25)18-23(19-8-3-2-4-9-19)26(29)31-17-7-11-24(28)20-13-15-22(27)16-14-20/h2-6,8-10,12-16,18H,7,11,17H2,1H3. The minimum atomic E-state index is -0.480. The van der Waals surface area contributed by atoms with Crippen LogP contribution in [-0.2, 0) is 9.53 Å². The highest BCUT2D eigenvalue weighted by molar-refractivity contribution is 6.21. The molecular weight excluding hydrogens is 395 g/mol. The van der Waals surface area contributed by atoms with E-state index in [0.717, 1.165) is 11.1 Å². The SMILES string of the molecule is COc1ccccc1C=C(C(=O)OCCCC(=O)c1ccc(F)cc1)c1ccccc1. The maximum Gasteiger partial charge on any atom is 0.338 e. The molecule has 0 aliphatic carbocycles. The molecule has 0 spiro atoms. The largest absolute Gasteiger partial charge is 0.496 e. The fourth-order valence-electron chi connectivity index (χ4n) is 3.07. The summed E-state index contributed by atoms with van der Waals surface area (Å²) in [6, 6.07) is 22.0. The van der Waals surface area contributed by atoms with Crippen molar-refractivity contribution in [3.8, 4) is 5.75 Å². The Bertz CT molecular complexity index is 1060. The van der Waals surface area contributed by atoms with Crippen LogP contribution in [0.2, 0.25) is 0 Å². The monoisotopic (exact) mass is 418 g/mol. The number of methoxy groups -OCH3 is 1. The van der Waals surface area contributed by atoms with Gasteiger partial charge in [0.15, 0.2) is 5.78 Å². The van der Waals surface area contributed by atoms with Crippen molar-refractivity contribution < 1.29 is 23.5 Å². The third-order valence-electron chi connectivity index (χ3n) is 4.69. The number of esters is 1. The molecule has 0 unspecified atom stereocenters. The smallest absolute Gasteiger partial charge is 0.338 e. The Kier molecular flexibility index (Phi) is 7.71. The van der Waals surface area contributed by atoms with Gasteiger partial charge in [-0.2, -0.15) is 0 Å². The van der Waals surface area contributed by atoms with Crippen molar-refractivity contribution in [1.29, 1.82) is 0 Å². The van der Waals surface area contributed by atoms with Gasteiger partial charge < -0.3 is 9.47 Å². The van der Waals surface area contributed by atoms with E-state index in [1.807, 2.05) is 54.6 Å². The second-order valence-electron chi connectivity index (χ2n) is 6.84. The first-order valence-electron chi connectivity index (χ1n) is 9.94. The summed E-state index contributed by atoms with van der Waals surface area (Å²) in [4.78, 5) is 25.0. The number of ether oxygens (including phenoxy) is 2. The van der Waals surface area contributed by atoms with Crippen LogP contribution >= 0.6 is 0 Å². The number of halogens is 1. The van der Waals surface area contributed by atoms with E-state index >= 15 is 0 Å². The molecule has 31 heavy (non-hydrogen) atoms. The summed E-state index contributed by atoms with van der Waals surface area (Å²) < 4.78 is 23.8. The molecule has 0 saturated carbocycles. The molecule has 3 aromatic rings. The summed E-state index contributed by atoms with van der Waals surface area (Å²) in [5.74, 6) is -0.343. The Labute approximate surface area is 180 Å². The maximum absolute atomic E-state index is 13.0. The normalized spacial score (nSPS) is 11.1. The van der Waals surface area contributed by atoms with Gasteiger partial charge in [-0.1, -0.05) is 48.5 Å². The molecule has 0 aliphatic rings. The van der Waals surface area contributed by atoms with E-state index in [4.69, 9.17) is 9.47 Å². The maximum atomic E-state index is 13.0. The van der Waals surface area contributed by atoms with Crippen LogP contribution in [0.4, 0.5) is 4.39 Å². The van der Waals surface area contributed by atoms with Crippen molar-refractivity contribution in [3.63, 3.8) is 0 Å². The Morgan fingerprint density at radius 1 is 0.871 bits per heavy atom. The van der Waals surface area contributed by atoms with Crippen LogP contribution in [-0.4, -0.2) is 25.5 Å². The predicted molar refractivity (Wildman–Crippen MR) is 118 cm³/mol. The first kappa shape index (κ1) is 22.0. The lowest BCUT2D eigenvalue weighted by molar-refractivity contribution is -0.136. The van der Waals surface area contributed by atoms with Crippen LogP contribution in [0.5, 0.6) is 5.75 Å². The molecule has 0 aliphatic heterocycles. The number of hydrogen-bond acceptors (Lipinski definition) is 4. The molecule has 0 amide bonds. The van der Waals surface area contributed by atoms with Crippen LogP contribution in [0.3, 0.4) is 0 Å². The average molecular weight is 418 g/mol. The van der Waals surface area contributed by atoms with Crippen LogP contribution in [0, 0.1) is 5.82 Å². The zero-order valence-corrected chi connectivity index (χ0v) is 17.2. The molecule has 3 aromatic carbocycles. The summed E-state index contributed by atoms with van der Waals surface area (Å²) in [6.07, 6.45) is 2.31. The van der Waals surface area contributed by atoms with E-state index in [2.05, 4.69) is 0 Å². The predicted octanol–water partition coefficient (Wildman–Crippen LogP) is 5.58. The summed E-state index contributed by atoms with van der Waals surface area (Å²) >= 11 is 0. The van der Waals surface area contributed by atoms with Gasteiger partial charge >= 0.3 is 5.97 Å². The minimum absolute atomic E-state index is 0.0991. The summed E-state index contributed by atoms with van der Waals surface area (Å²) in [5.41, 5.74) is 2.32. The average Bonchev–Trinajstić information content (AvgIpc) is 2.81. The summed E-state index contributed by atoms with van der Waals surface area (Å²) in [6.45, 7) is 0.0991. The number of carbonyl (C=O) groups excluding carboxylic acids is 2. The third-order valence-corrected chi connectivity index (χ3v) is 4.69. The first-order valence-corrected chi connectivity index (χ1v) is 9.94. The van der Waals surface area contributed by atoms with Crippen molar-refractivity contribution in [2.24, 2.45) is 0 Å². The molecule has 0 heterocycles. The molecular formula is C26H23FO4. The molecule has 158 valence electrons. The minimum Gasteiger partial charge on any atom is -0.496 e. The van der Waals surface area contributed by atoms with Gasteiger partial charge in [0.1, 0.15) is 11.6 Å². The molecule has 4 nitrogen and oxygen atoms in total. The van der Waals surface area contributed by atoms with Gasteiger partial charge in [-0.05, 0) is 48.4 Å². The van der Waals surface area contributed by atoms with Crippen LogP contribution < -0.4 is 4.74 Å². The number of Topliss-reactive ketones (excluding diaryl/α,β-unsaturated/α-hetero) is 1. The van der Waals surface area contributed by atoms with Gasteiger partial charge in [0.25, 0.3) is 0 Å². The fraction of sp³-hybridized carbons (Fsp3) is 0.154. The highest BCUT2D eigenvalue weighted by atomic mass is 19.1. The molecule has 0 fully saturated rings. The van der Waals surface area contributed by atoms with E-state index in [9.17, 15) is 14.0 Å². The lowest BCUT2D eigenvalue weighted by Crippen LogP contribution is -2.10. The lowest BCUT2D eigenvalue weighted by Gasteiger charge is -2.11. The number of carbonyl (C=O) groups is 2. The van der Waals surface area contributed by atoms with Gasteiger partial charge in [-0.15, -0.1) is 0 Å². The van der Waals surface area contributed by atoms with Crippen molar-refractivity contribution in [1.82, 2.24) is 0 Å². The molecule has 5 heteroatoms. The third kappa shape index (κ3) is 6.12. The fourth-order valence-corrected chi connectivity index (χ4v) is 3.07. The Hall–Kier alpha value is -3.73. The van der Waals surface area contributed by atoms with Gasteiger partial charge in [-0.3, -0.25) is 4.79 Å². The van der Waals surface area contributed by atoms with E-state index in [0.29, 0.717) is 23.3 Å². The highest BCUT2D eigenvalue weighted by Crippen LogP contribution is 2.25. The van der Waals surface area contributed by atoms with Gasteiger partial charge in [-0.25, -0.2) is 9.18 Å². The topological polar surface area (TPSA) is 52.6 Å². The van der Waals surface area contributed by atoms with E-state index in [-0.39, 0.29) is 24.6 Å². The van der Waals surface area contributed by atoms with Crippen LogP contribution in [0.1, 0.15) is 34.3 Å². The molecule has 0 saturated heterocycles. The molecule has 3 rings (SSSR count). The second kappa shape index (κ2) is 10.9.